The van der Waals surface area contributed by atoms with E-state index >= 15 is 0 Å². The van der Waals surface area contributed by atoms with Crippen molar-refractivity contribution in [3.63, 3.8) is 0 Å². The van der Waals surface area contributed by atoms with Gasteiger partial charge < -0.3 is 4.74 Å². The van der Waals surface area contributed by atoms with Crippen molar-refractivity contribution in [2.45, 2.75) is 32.6 Å². The fourth-order valence-corrected chi connectivity index (χ4v) is 1.30. The first-order valence-electron chi connectivity index (χ1n) is 5.49. The van der Waals surface area contributed by atoms with Gasteiger partial charge in [0.05, 0.1) is 7.11 Å². The lowest BCUT2D eigenvalue weighted by Crippen LogP contribution is -1.81. The van der Waals surface area contributed by atoms with E-state index in [1.807, 2.05) is 24.3 Å². The van der Waals surface area contributed by atoms with Crippen LogP contribution in [0.15, 0.2) is 24.3 Å². The summed E-state index contributed by atoms with van der Waals surface area (Å²) in [6.45, 7) is 2.21. The Balaban J connectivity index is 2.42. The van der Waals surface area contributed by atoms with Crippen molar-refractivity contribution in [2.75, 3.05) is 7.11 Å². The molecule has 0 atom stereocenters. The van der Waals surface area contributed by atoms with Gasteiger partial charge in [0.2, 0.25) is 0 Å². The summed E-state index contributed by atoms with van der Waals surface area (Å²) in [6.07, 6.45) is 4.74. The summed E-state index contributed by atoms with van der Waals surface area (Å²) in [5.74, 6) is 7.21. The van der Waals surface area contributed by atoms with Crippen LogP contribution in [0.5, 0.6) is 5.75 Å². The highest BCUT2D eigenvalue weighted by molar-refractivity contribution is 5.38. The van der Waals surface area contributed by atoms with Gasteiger partial charge in [0.25, 0.3) is 0 Å². The van der Waals surface area contributed by atoms with Gasteiger partial charge in [0.1, 0.15) is 5.75 Å². The number of unbranched alkanes of at least 4 members (excludes halogenated alkanes) is 3. The van der Waals surface area contributed by atoms with Crippen LogP contribution >= 0.6 is 0 Å². The number of methoxy groups -OCH3 is 1. The Bertz CT molecular complexity index is 327. The molecule has 0 aliphatic heterocycles. The standard InChI is InChI=1S/C14H18O/c1-3-4-5-6-7-8-13-9-11-14(15-2)12-10-13/h9-12H,3-6H2,1-2H3. The van der Waals surface area contributed by atoms with Gasteiger partial charge in [0, 0.05) is 12.0 Å². The molecule has 0 unspecified atom stereocenters. The Hall–Kier alpha value is -1.42. The molecule has 80 valence electrons. The molecule has 0 heterocycles. The number of rotatable bonds is 4. The molecule has 0 bridgehead atoms. The number of hydrogen-bond donors (Lipinski definition) is 0. The fraction of sp³-hybridized carbons (Fsp3) is 0.429. The van der Waals surface area contributed by atoms with Gasteiger partial charge in [-0.15, -0.1) is 0 Å². The van der Waals surface area contributed by atoms with Crippen LogP contribution in [0.2, 0.25) is 0 Å². The van der Waals surface area contributed by atoms with Gasteiger partial charge in [-0.25, -0.2) is 0 Å². The van der Waals surface area contributed by atoms with Crippen molar-refractivity contribution in [3.05, 3.63) is 29.8 Å². The third kappa shape index (κ3) is 4.56. The summed E-state index contributed by atoms with van der Waals surface area (Å²) in [7, 11) is 1.67. The smallest absolute Gasteiger partial charge is 0.118 e. The monoisotopic (exact) mass is 202 g/mol. The molecule has 1 aromatic rings. The highest BCUT2D eigenvalue weighted by atomic mass is 16.5. The van der Waals surface area contributed by atoms with Crippen LogP contribution in [0.3, 0.4) is 0 Å². The molecule has 0 aliphatic carbocycles. The third-order valence-corrected chi connectivity index (χ3v) is 2.23. The van der Waals surface area contributed by atoms with E-state index in [9.17, 15) is 0 Å². The number of benzene rings is 1. The Kier molecular flexibility index (Phi) is 5.40. The van der Waals surface area contributed by atoms with E-state index < -0.39 is 0 Å². The van der Waals surface area contributed by atoms with Crippen LogP contribution in [-0.2, 0) is 0 Å². The lowest BCUT2D eigenvalue weighted by atomic mass is 10.2. The molecule has 0 N–H and O–H groups in total. The second kappa shape index (κ2) is 6.95. The second-order valence-electron chi connectivity index (χ2n) is 3.49. The van der Waals surface area contributed by atoms with E-state index in [4.69, 9.17) is 4.74 Å². The van der Waals surface area contributed by atoms with Crippen molar-refractivity contribution in [1.82, 2.24) is 0 Å². The van der Waals surface area contributed by atoms with Crippen LogP contribution in [0.1, 0.15) is 38.2 Å². The molecular formula is C14H18O. The van der Waals surface area contributed by atoms with Crippen molar-refractivity contribution >= 4 is 0 Å². The SMILES string of the molecule is CCCCCC#Cc1ccc(OC)cc1. The van der Waals surface area contributed by atoms with E-state index in [-0.39, 0.29) is 0 Å². The predicted octanol–water partition coefficient (Wildman–Crippen LogP) is 3.63. The molecule has 1 heteroatoms. The van der Waals surface area contributed by atoms with Gasteiger partial charge in [-0.1, -0.05) is 31.6 Å². The molecule has 0 radical (unpaired) electrons. The van der Waals surface area contributed by atoms with Crippen LogP contribution < -0.4 is 4.74 Å². The van der Waals surface area contributed by atoms with Gasteiger partial charge >= 0.3 is 0 Å². The topological polar surface area (TPSA) is 9.23 Å². The summed E-state index contributed by atoms with van der Waals surface area (Å²) >= 11 is 0. The number of ether oxygens (including phenoxy) is 1. The van der Waals surface area contributed by atoms with Gasteiger partial charge in [-0.3, -0.25) is 0 Å². The zero-order valence-corrected chi connectivity index (χ0v) is 9.55. The molecule has 0 spiro atoms. The zero-order valence-electron chi connectivity index (χ0n) is 9.55. The highest BCUT2D eigenvalue weighted by Crippen LogP contribution is 2.10. The molecule has 0 saturated carbocycles. The summed E-state index contributed by atoms with van der Waals surface area (Å²) < 4.78 is 5.08. The minimum atomic E-state index is 0.881. The minimum Gasteiger partial charge on any atom is -0.497 e. The van der Waals surface area contributed by atoms with E-state index in [0.717, 1.165) is 17.7 Å². The van der Waals surface area contributed by atoms with Gasteiger partial charge in [0.15, 0.2) is 0 Å². The maximum absolute atomic E-state index is 5.08. The Morgan fingerprint density at radius 2 is 1.87 bits per heavy atom. The van der Waals surface area contributed by atoms with E-state index in [1.165, 1.54) is 19.3 Å². The second-order valence-corrected chi connectivity index (χ2v) is 3.49. The Morgan fingerprint density at radius 1 is 1.13 bits per heavy atom. The van der Waals surface area contributed by atoms with Crippen molar-refractivity contribution in [1.29, 1.82) is 0 Å². The van der Waals surface area contributed by atoms with Crippen LogP contribution in [0, 0.1) is 11.8 Å². The average Bonchev–Trinajstić information content (AvgIpc) is 2.30. The molecule has 15 heavy (non-hydrogen) atoms. The molecule has 1 aromatic carbocycles. The normalized spacial score (nSPS) is 9.20. The average molecular weight is 202 g/mol. The quantitative estimate of drug-likeness (QED) is 0.535. The molecular weight excluding hydrogens is 184 g/mol. The molecule has 1 nitrogen and oxygen atoms in total. The highest BCUT2D eigenvalue weighted by Gasteiger charge is 1.89. The van der Waals surface area contributed by atoms with E-state index in [2.05, 4.69) is 18.8 Å². The third-order valence-electron chi connectivity index (χ3n) is 2.23. The van der Waals surface area contributed by atoms with Crippen LogP contribution in [0.4, 0.5) is 0 Å². The number of hydrogen-bond acceptors (Lipinski definition) is 1. The first kappa shape index (κ1) is 11.7. The summed E-state index contributed by atoms with van der Waals surface area (Å²) in [5, 5.41) is 0. The van der Waals surface area contributed by atoms with Crippen molar-refractivity contribution in [3.8, 4) is 17.6 Å². The first-order chi connectivity index (χ1) is 7.36. The van der Waals surface area contributed by atoms with Crippen LogP contribution in [-0.4, -0.2) is 7.11 Å². The molecule has 0 amide bonds. The largest absolute Gasteiger partial charge is 0.497 e. The molecule has 0 aromatic heterocycles. The van der Waals surface area contributed by atoms with Gasteiger partial charge in [-0.2, -0.15) is 0 Å². The van der Waals surface area contributed by atoms with E-state index in [1.54, 1.807) is 7.11 Å². The zero-order chi connectivity index (χ0) is 10.9. The molecule has 1 rings (SSSR count). The first-order valence-corrected chi connectivity index (χ1v) is 5.49. The van der Waals surface area contributed by atoms with Crippen molar-refractivity contribution in [2.24, 2.45) is 0 Å². The molecule has 0 saturated heterocycles. The molecule has 0 fully saturated rings. The summed E-state index contributed by atoms with van der Waals surface area (Å²) in [6, 6.07) is 7.86. The lowest BCUT2D eigenvalue weighted by Gasteiger charge is -1.97. The maximum atomic E-state index is 5.08. The summed E-state index contributed by atoms with van der Waals surface area (Å²) in [4.78, 5) is 0. The fourth-order valence-electron chi connectivity index (χ4n) is 1.30. The Morgan fingerprint density at radius 3 is 2.47 bits per heavy atom. The lowest BCUT2D eigenvalue weighted by molar-refractivity contribution is 0.415. The minimum absolute atomic E-state index is 0.881. The Labute approximate surface area is 92.5 Å². The van der Waals surface area contributed by atoms with E-state index in [0.29, 0.717) is 0 Å². The summed E-state index contributed by atoms with van der Waals surface area (Å²) in [5.41, 5.74) is 1.06. The van der Waals surface area contributed by atoms with Crippen LogP contribution in [0.25, 0.3) is 0 Å². The maximum Gasteiger partial charge on any atom is 0.118 e. The van der Waals surface area contributed by atoms with Gasteiger partial charge in [-0.05, 0) is 30.7 Å². The van der Waals surface area contributed by atoms with Crippen molar-refractivity contribution < 1.29 is 4.74 Å². The molecule has 0 aliphatic rings. The predicted molar refractivity (Wildman–Crippen MR) is 64.0 cm³/mol.